The predicted octanol–water partition coefficient (Wildman–Crippen LogP) is -2.46. The van der Waals surface area contributed by atoms with Gasteiger partial charge >= 0.3 is 43.8 Å². The number of carbonyl (C=O) groups excluding carboxylic acids is 1. The Balaban J connectivity index is 0.000000635. The minimum atomic E-state index is -0.353. The smallest absolute Gasteiger partial charge is 0.911 e. The molecule has 0 aromatic carbocycles. The van der Waals surface area contributed by atoms with Crippen LogP contribution in [0.1, 0.15) is 31.7 Å². The first-order valence-electron chi connectivity index (χ1n) is 10.8. The number of pyridine rings is 1. The number of carbonyl (C=O) groups is 1. The minimum absolute atomic E-state index is 0. The topological polar surface area (TPSA) is 89.6 Å². The molecule has 1 atom stereocenters. The van der Waals surface area contributed by atoms with Gasteiger partial charge in [-0.1, -0.05) is 6.07 Å². The van der Waals surface area contributed by atoms with Crippen molar-refractivity contribution in [1.29, 1.82) is 0 Å². The summed E-state index contributed by atoms with van der Waals surface area (Å²) in [5.41, 5.74) is 0.650. The number of aliphatic imine (C=N–C) groups is 1. The van der Waals surface area contributed by atoms with E-state index in [0.717, 1.165) is 44.6 Å². The normalized spacial score (nSPS) is 19.5. The van der Waals surface area contributed by atoms with Gasteiger partial charge in [-0.2, -0.15) is 12.4 Å². The van der Waals surface area contributed by atoms with Gasteiger partial charge in [0, 0.05) is 25.7 Å². The average Bonchev–Trinajstić information content (AvgIpc) is 3.55. The van der Waals surface area contributed by atoms with Crippen LogP contribution >= 0.6 is 0 Å². The third-order valence-corrected chi connectivity index (χ3v) is 5.07. The van der Waals surface area contributed by atoms with Crippen LogP contribution < -0.4 is 42.5 Å². The van der Waals surface area contributed by atoms with E-state index in [0.29, 0.717) is 30.1 Å². The second kappa shape index (κ2) is 16.8. The van der Waals surface area contributed by atoms with Crippen LogP contribution in [0, 0.1) is 26.6 Å². The summed E-state index contributed by atoms with van der Waals surface area (Å²) in [5.74, 6) is 0.472. The van der Waals surface area contributed by atoms with Gasteiger partial charge in [-0.25, -0.2) is 9.78 Å². The third-order valence-electron chi connectivity index (χ3n) is 5.07. The van der Waals surface area contributed by atoms with E-state index in [4.69, 9.17) is 16.1 Å². The van der Waals surface area contributed by atoms with Gasteiger partial charge in [-0.15, -0.1) is 24.7 Å². The fourth-order valence-electron chi connectivity index (χ4n) is 3.13. The Morgan fingerprint density at radius 3 is 2.63 bits per heavy atom. The average molecular weight is 463 g/mol. The predicted molar refractivity (Wildman–Crippen MR) is 130 cm³/mol. The Hall–Kier alpha value is -1.81. The second-order valence-corrected chi connectivity index (χ2v) is 8.03. The number of rotatable bonds is 9. The Morgan fingerprint density at radius 2 is 2.11 bits per heavy atom. The van der Waals surface area contributed by atoms with E-state index in [1.54, 1.807) is 18.3 Å². The van der Waals surface area contributed by atoms with E-state index in [9.17, 15) is 10.2 Å². The molecule has 8 nitrogen and oxygen atoms in total. The van der Waals surface area contributed by atoms with Crippen LogP contribution in [0.4, 0.5) is 4.79 Å². The van der Waals surface area contributed by atoms with Crippen molar-refractivity contribution in [2.24, 2.45) is 4.99 Å². The fourth-order valence-corrected chi connectivity index (χ4v) is 3.13. The SMILES string of the molecule is [CH-]=C[C-]=N[C-]=C(C=[N-])c1cccnc1OC1CC1.[CH2-]CN(C[CH2-])C(=O)O[C@]1(C)CCN(C)C1.[Li+].[Li+]. The van der Waals surface area contributed by atoms with Crippen molar-refractivity contribution in [2.45, 2.75) is 37.9 Å². The number of amides is 1. The molecule has 10 heteroatoms. The van der Waals surface area contributed by atoms with Gasteiger partial charge < -0.3 is 62.4 Å². The maximum Gasteiger partial charge on any atom is 1.00 e. The molecule has 1 saturated carbocycles. The Kier molecular flexibility index (Phi) is 15.9. The van der Waals surface area contributed by atoms with Gasteiger partial charge in [0.05, 0.1) is 6.10 Å². The molecule has 2 fully saturated rings. The molecule has 0 bridgehead atoms. The van der Waals surface area contributed by atoms with E-state index in [-0.39, 0.29) is 55.5 Å². The molecule has 1 aromatic rings. The molecule has 1 aliphatic carbocycles. The maximum atomic E-state index is 11.7. The molecule has 0 N–H and O–H groups in total. The molecule has 1 amide bonds. The number of nitrogens with zero attached hydrogens (tertiary/aromatic N) is 5. The summed E-state index contributed by atoms with van der Waals surface area (Å²) in [6.45, 7) is 17.0. The summed E-state index contributed by atoms with van der Waals surface area (Å²) in [4.78, 5) is 23.2. The maximum absolute atomic E-state index is 11.7. The van der Waals surface area contributed by atoms with Crippen molar-refractivity contribution in [3.05, 3.63) is 62.0 Å². The van der Waals surface area contributed by atoms with Crippen molar-refractivity contribution in [3.8, 4) is 5.88 Å². The first kappa shape index (κ1) is 33.2. The number of ether oxygens (including phenoxy) is 2. The summed E-state index contributed by atoms with van der Waals surface area (Å²) < 4.78 is 11.1. The van der Waals surface area contributed by atoms with Crippen LogP contribution in [0.5, 0.6) is 5.88 Å². The number of allylic oxidation sites excluding steroid dienone is 2. The molecule has 1 aromatic heterocycles. The van der Waals surface area contributed by atoms with E-state index in [2.05, 4.69) is 41.1 Å². The zero-order valence-corrected chi connectivity index (χ0v) is 21.4. The first-order valence-corrected chi connectivity index (χ1v) is 10.8. The summed E-state index contributed by atoms with van der Waals surface area (Å²) in [5, 5.41) is 9.22. The van der Waals surface area contributed by atoms with Crippen LogP contribution in [0.3, 0.4) is 0 Å². The van der Waals surface area contributed by atoms with Crippen LogP contribution in [-0.4, -0.2) is 78.2 Å². The van der Waals surface area contributed by atoms with Gasteiger partial charge in [-0.05, 0) is 26.8 Å². The summed E-state index contributed by atoms with van der Waals surface area (Å²) >= 11 is 0. The summed E-state index contributed by atoms with van der Waals surface area (Å²) in [6, 6.07) is 3.53. The second-order valence-electron chi connectivity index (χ2n) is 8.03. The largest absolute Gasteiger partial charge is 1.00 e. The van der Waals surface area contributed by atoms with Gasteiger partial charge in [0.2, 0.25) is 0 Å². The Morgan fingerprint density at radius 1 is 1.43 bits per heavy atom. The molecular formula is C25H31Li2N5O3-4. The van der Waals surface area contributed by atoms with Crippen molar-refractivity contribution < 1.29 is 52.0 Å². The van der Waals surface area contributed by atoms with Crippen LogP contribution in [-0.2, 0) is 4.74 Å². The number of likely N-dealkylation sites (N-methyl/N-ethyl adjacent to an activating group) is 1. The summed E-state index contributed by atoms with van der Waals surface area (Å²) in [7, 11) is 2.03. The molecule has 180 valence electrons. The van der Waals surface area contributed by atoms with Crippen molar-refractivity contribution in [3.63, 3.8) is 0 Å². The molecule has 0 radical (unpaired) electrons. The molecular weight excluding hydrogens is 432 g/mol. The summed E-state index contributed by atoms with van der Waals surface area (Å²) in [6.07, 6.45) is 11.6. The molecule has 2 aliphatic rings. The van der Waals surface area contributed by atoms with Gasteiger partial charge in [0.15, 0.2) is 0 Å². The zero-order chi connectivity index (χ0) is 24.3. The standard InChI is InChI=1S/C14H11N3O.C11H20N2O2.2Li/c1-2-7-16-10-11(9-15)13-4-3-8-17-14(13)18-12-5-6-12;1-5-13(6-2)10(14)15-11(3)7-8-12(4)9-11;;/h1-4,8-9,12H,5-6H2;1-2,5-9H2,3-4H3;;/q-4;-2;2*+1/t;11-;;/m.1../s1. The van der Waals surface area contributed by atoms with Crippen molar-refractivity contribution in [1.82, 2.24) is 14.8 Å². The van der Waals surface area contributed by atoms with Gasteiger partial charge in [-0.3, -0.25) is 5.57 Å². The van der Waals surface area contributed by atoms with E-state index in [1.165, 1.54) is 4.90 Å². The molecule has 0 spiro atoms. The van der Waals surface area contributed by atoms with E-state index < -0.39 is 0 Å². The number of likely N-dealkylation sites (tertiary alicyclic amines) is 1. The van der Waals surface area contributed by atoms with Crippen LogP contribution in [0.25, 0.3) is 11.0 Å². The van der Waals surface area contributed by atoms with Gasteiger partial charge in [0.1, 0.15) is 11.5 Å². The third kappa shape index (κ3) is 11.2. The van der Waals surface area contributed by atoms with Crippen LogP contribution in [0.15, 0.2) is 29.4 Å². The fraction of sp³-hybridized carbons (Fsp3) is 0.440. The Labute approximate surface area is 234 Å². The van der Waals surface area contributed by atoms with Crippen LogP contribution in [0.2, 0.25) is 0 Å². The Bertz CT molecular complexity index is 872. The molecule has 2 heterocycles. The molecule has 0 unspecified atom stereocenters. The minimum Gasteiger partial charge on any atom is -0.911 e. The number of hydrogen-bond acceptors (Lipinski definition) is 6. The molecule has 35 heavy (non-hydrogen) atoms. The molecule has 1 saturated heterocycles. The first-order chi connectivity index (χ1) is 15.9. The van der Waals surface area contributed by atoms with Gasteiger partial charge in [0.25, 0.3) is 0 Å². The monoisotopic (exact) mass is 463 g/mol. The zero-order valence-electron chi connectivity index (χ0n) is 21.4. The molecule has 1 aliphatic heterocycles. The number of aromatic nitrogens is 1. The van der Waals surface area contributed by atoms with E-state index >= 15 is 0 Å². The quantitative estimate of drug-likeness (QED) is 0.230. The van der Waals surface area contributed by atoms with Crippen molar-refractivity contribution in [2.75, 3.05) is 33.2 Å². The number of hydrogen-bond donors (Lipinski definition) is 0. The van der Waals surface area contributed by atoms with Crippen molar-refractivity contribution >= 4 is 24.1 Å². The van der Waals surface area contributed by atoms with E-state index in [1.807, 2.05) is 14.0 Å². The molecule has 3 rings (SSSR count).